The number of hydrogen-bond donors (Lipinski definition) is 1. The average Bonchev–Trinajstić information content (AvgIpc) is 2.37. The van der Waals surface area contributed by atoms with E-state index in [1.54, 1.807) is 0 Å². The molecule has 1 aromatic carbocycles. The summed E-state index contributed by atoms with van der Waals surface area (Å²) in [6.45, 7) is 2.89. The van der Waals surface area contributed by atoms with Gasteiger partial charge in [0, 0.05) is 36.2 Å². The lowest BCUT2D eigenvalue weighted by molar-refractivity contribution is 0.169. The number of piperazine rings is 1. The molecule has 0 bridgehead atoms. The number of benzene rings is 1. The van der Waals surface area contributed by atoms with Crippen molar-refractivity contribution in [1.29, 1.82) is 5.26 Å². The van der Waals surface area contributed by atoms with Crippen LogP contribution in [0.5, 0.6) is 0 Å². The van der Waals surface area contributed by atoms with Gasteiger partial charge in [0.2, 0.25) is 0 Å². The first-order chi connectivity index (χ1) is 9.13. The number of nitriles is 1. The Bertz CT molecular complexity index is 472. The van der Waals surface area contributed by atoms with Gasteiger partial charge in [-0.25, -0.2) is 8.78 Å². The van der Waals surface area contributed by atoms with Crippen molar-refractivity contribution in [1.82, 2.24) is 10.2 Å². The summed E-state index contributed by atoms with van der Waals surface area (Å²) in [5.41, 5.74) is -0.00773. The molecular formula is C13H14BrF2N3. The summed E-state index contributed by atoms with van der Waals surface area (Å²) < 4.78 is 28.4. The molecule has 2 rings (SSSR count). The van der Waals surface area contributed by atoms with E-state index in [0.717, 1.165) is 13.1 Å². The molecule has 1 N–H and O–H groups in total. The quantitative estimate of drug-likeness (QED) is 0.926. The minimum Gasteiger partial charge on any atom is -0.314 e. The van der Waals surface area contributed by atoms with E-state index in [9.17, 15) is 8.78 Å². The topological polar surface area (TPSA) is 39.1 Å². The Kier molecular flexibility index (Phi) is 4.86. The Balaban J connectivity index is 2.36. The third kappa shape index (κ3) is 3.30. The molecule has 1 aliphatic rings. The summed E-state index contributed by atoms with van der Waals surface area (Å²) >= 11 is 3.06. The van der Waals surface area contributed by atoms with Crippen LogP contribution in [0.25, 0.3) is 0 Å². The van der Waals surface area contributed by atoms with E-state index in [1.165, 1.54) is 12.1 Å². The van der Waals surface area contributed by atoms with Crippen LogP contribution in [0.3, 0.4) is 0 Å². The molecule has 102 valence electrons. The number of hydrogen-bond acceptors (Lipinski definition) is 3. The first-order valence-electron chi connectivity index (χ1n) is 6.09. The van der Waals surface area contributed by atoms with Gasteiger partial charge in [0.15, 0.2) is 0 Å². The molecule has 0 saturated carbocycles. The van der Waals surface area contributed by atoms with Crippen LogP contribution >= 0.6 is 15.9 Å². The molecule has 0 aromatic heterocycles. The molecule has 0 spiro atoms. The standard InChI is InChI=1S/C13H14BrF2N3/c14-9-7-10(15)13(11(16)8-9)12(1-2-17)19-5-3-18-4-6-19/h7-8,12,18H,1,3-6H2/t12-/m1/s1. The first-order valence-corrected chi connectivity index (χ1v) is 6.89. The predicted molar refractivity (Wildman–Crippen MR) is 71.5 cm³/mol. The van der Waals surface area contributed by atoms with Gasteiger partial charge in [0.25, 0.3) is 0 Å². The SMILES string of the molecule is N#CC[C@H](c1c(F)cc(Br)cc1F)N1CCNCC1. The predicted octanol–water partition coefficient (Wildman–Crippen LogP) is 2.59. The van der Waals surface area contributed by atoms with Gasteiger partial charge >= 0.3 is 0 Å². The zero-order chi connectivity index (χ0) is 13.8. The van der Waals surface area contributed by atoms with Crippen LogP contribution in [0.1, 0.15) is 18.0 Å². The Morgan fingerprint density at radius 2 is 1.89 bits per heavy atom. The molecule has 1 atom stereocenters. The van der Waals surface area contributed by atoms with E-state index in [0.29, 0.717) is 17.6 Å². The number of nitrogens with zero attached hydrogens (tertiary/aromatic N) is 2. The number of rotatable bonds is 3. The molecule has 1 fully saturated rings. The van der Waals surface area contributed by atoms with Crippen LogP contribution in [0.4, 0.5) is 8.78 Å². The second-order valence-electron chi connectivity index (χ2n) is 4.45. The molecule has 1 aromatic rings. The van der Waals surface area contributed by atoms with E-state index in [1.807, 2.05) is 11.0 Å². The molecule has 1 heterocycles. The lowest BCUT2D eigenvalue weighted by Crippen LogP contribution is -2.45. The van der Waals surface area contributed by atoms with Crippen molar-refractivity contribution in [2.24, 2.45) is 0 Å². The fraction of sp³-hybridized carbons (Fsp3) is 0.462. The highest BCUT2D eigenvalue weighted by Gasteiger charge is 2.27. The molecule has 19 heavy (non-hydrogen) atoms. The monoisotopic (exact) mass is 329 g/mol. The van der Waals surface area contributed by atoms with Gasteiger partial charge in [-0.3, -0.25) is 4.90 Å². The molecule has 0 aliphatic carbocycles. The van der Waals surface area contributed by atoms with Gasteiger partial charge in [-0.1, -0.05) is 15.9 Å². The molecule has 0 radical (unpaired) electrons. The maximum atomic E-state index is 14.0. The zero-order valence-electron chi connectivity index (χ0n) is 10.3. The van der Waals surface area contributed by atoms with Gasteiger partial charge in [0.05, 0.1) is 18.5 Å². The molecule has 1 saturated heterocycles. The highest BCUT2D eigenvalue weighted by atomic mass is 79.9. The van der Waals surface area contributed by atoms with Crippen molar-refractivity contribution >= 4 is 15.9 Å². The molecule has 3 nitrogen and oxygen atoms in total. The van der Waals surface area contributed by atoms with Crippen molar-refractivity contribution in [2.75, 3.05) is 26.2 Å². The van der Waals surface area contributed by atoms with Gasteiger partial charge in [0.1, 0.15) is 11.6 Å². The van der Waals surface area contributed by atoms with Crippen LogP contribution in [0, 0.1) is 23.0 Å². The summed E-state index contributed by atoms with van der Waals surface area (Å²) in [5.74, 6) is -1.21. The minimum absolute atomic E-state index is 0.00773. The first kappa shape index (κ1) is 14.4. The smallest absolute Gasteiger partial charge is 0.132 e. The van der Waals surface area contributed by atoms with Crippen molar-refractivity contribution in [3.05, 3.63) is 33.8 Å². The third-order valence-electron chi connectivity index (χ3n) is 3.25. The maximum absolute atomic E-state index is 14.0. The van der Waals surface area contributed by atoms with Crippen LogP contribution < -0.4 is 5.32 Å². The Labute approximate surface area is 119 Å². The summed E-state index contributed by atoms with van der Waals surface area (Å²) in [7, 11) is 0. The maximum Gasteiger partial charge on any atom is 0.132 e. The van der Waals surface area contributed by atoms with Crippen LogP contribution in [0.15, 0.2) is 16.6 Å². The summed E-state index contributed by atoms with van der Waals surface area (Å²) in [6.07, 6.45) is 0.0788. The normalized spacial score (nSPS) is 18.0. The van der Waals surface area contributed by atoms with E-state index in [4.69, 9.17) is 5.26 Å². The second-order valence-corrected chi connectivity index (χ2v) is 5.36. The molecule has 6 heteroatoms. The van der Waals surface area contributed by atoms with Crippen LogP contribution in [-0.2, 0) is 0 Å². The van der Waals surface area contributed by atoms with E-state index in [-0.39, 0.29) is 12.0 Å². The van der Waals surface area contributed by atoms with E-state index < -0.39 is 17.7 Å². The van der Waals surface area contributed by atoms with Crippen LogP contribution in [-0.4, -0.2) is 31.1 Å². The van der Waals surface area contributed by atoms with Crippen LogP contribution in [0.2, 0.25) is 0 Å². The van der Waals surface area contributed by atoms with Gasteiger partial charge in [-0.15, -0.1) is 0 Å². The van der Waals surface area contributed by atoms with Gasteiger partial charge in [-0.2, -0.15) is 5.26 Å². The van der Waals surface area contributed by atoms with E-state index in [2.05, 4.69) is 21.2 Å². The average molecular weight is 330 g/mol. The number of nitrogens with one attached hydrogen (secondary N) is 1. The van der Waals surface area contributed by atoms with Crippen molar-refractivity contribution in [3.63, 3.8) is 0 Å². The van der Waals surface area contributed by atoms with Crippen molar-refractivity contribution in [2.45, 2.75) is 12.5 Å². The molecule has 0 amide bonds. The summed E-state index contributed by atoms with van der Waals surface area (Å²) in [4.78, 5) is 1.95. The Morgan fingerprint density at radius 1 is 1.32 bits per heavy atom. The Hall–Kier alpha value is -1.03. The fourth-order valence-electron chi connectivity index (χ4n) is 2.37. The molecule has 1 aliphatic heterocycles. The lowest BCUT2D eigenvalue weighted by Gasteiger charge is -2.34. The van der Waals surface area contributed by atoms with Gasteiger partial charge < -0.3 is 5.32 Å². The van der Waals surface area contributed by atoms with Crippen molar-refractivity contribution in [3.8, 4) is 6.07 Å². The van der Waals surface area contributed by atoms with E-state index >= 15 is 0 Å². The fourth-order valence-corrected chi connectivity index (χ4v) is 2.77. The largest absolute Gasteiger partial charge is 0.314 e. The third-order valence-corrected chi connectivity index (χ3v) is 3.71. The minimum atomic E-state index is -0.606. The molecule has 0 unspecified atom stereocenters. The zero-order valence-corrected chi connectivity index (χ0v) is 11.9. The number of halogens is 3. The van der Waals surface area contributed by atoms with Crippen molar-refractivity contribution < 1.29 is 8.78 Å². The van der Waals surface area contributed by atoms with Gasteiger partial charge in [-0.05, 0) is 12.1 Å². The highest BCUT2D eigenvalue weighted by molar-refractivity contribution is 9.10. The molecular weight excluding hydrogens is 316 g/mol. The summed E-state index contributed by atoms with van der Waals surface area (Å²) in [6, 6.07) is 3.98. The second kappa shape index (κ2) is 6.42. The highest BCUT2D eigenvalue weighted by Crippen LogP contribution is 2.31. The summed E-state index contributed by atoms with van der Waals surface area (Å²) in [5, 5.41) is 12.1. The lowest BCUT2D eigenvalue weighted by atomic mass is 10.0. The Morgan fingerprint density at radius 3 is 2.42 bits per heavy atom.